The predicted octanol–water partition coefficient (Wildman–Crippen LogP) is 5.12. The topological polar surface area (TPSA) is 92.6 Å². The van der Waals surface area contributed by atoms with Crippen molar-refractivity contribution >= 4 is 38.4 Å². The number of hydrogen-bond acceptors (Lipinski definition) is 7. The van der Waals surface area contributed by atoms with Crippen molar-refractivity contribution in [1.82, 2.24) is 9.88 Å². The van der Waals surface area contributed by atoms with E-state index in [1.807, 2.05) is 24.3 Å². The Labute approximate surface area is 183 Å². The second kappa shape index (κ2) is 7.66. The van der Waals surface area contributed by atoms with Crippen molar-refractivity contribution in [2.45, 2.75) is 51.7 Å². The van der Waals surface area contributed by atoms with Gasteiger partial charge in [-0.1, -0.05) is 18.6 Å². The van der Waals surface area contributed by atoms with Gasteiger partial charge in [0.25, 0.3) is 0 Å². The first-order chi connectivity index (χ1) is 14.9. The number of nitrogens with two attached hydrogens (primary N) is 1. The number of fused-ring (bicyclic) bond motifs is 2. The molecule has 0 amide bonds. The van der Waals surface area contributed by atoms with E-state index in [-0.39, 0.29) is 22.6 Å². The highest BCUT2D eigenvalue weighted by atomic mass is 32.1. The maximum absolute atomic E-state index is 13.4. The Kier molecular flexibility index (Phi) is 4.95. The van der Waals surface area contributed by atoms with Crippen LogP contribution in [0, 0.1) is 0 Å². The summed E-state index contributed by atoms with van der Waals surface area (Å²) in [7, 11) is 0. The Morgan fingerprint density at radius 2 is 1.94 bits per heavy atom. The molecule has 2 atom stereocenters. The number of anilines is 1. The molecule has 0 spiro atoms. The van der Waals surface area contributed by atoms with Crippen molar-refractivity contribution in [3.63, 3.8) is 0 Å². The van der Waals surface area contributed by atoms with Gasteiger partial charge in [-0.3, -0.25) is 9.69 Å². The normalized spacial score (nSPS) is 19.9. The van der Waals surface area contributed by atoms with E-state index in [0.29, 0.717) is 40.2 Å². The Morgan fingerprint density at radius 3 is 2.68 bits per heavy atom. The van der Waals surface area contributed by atoms with E-state index in [4.69, 9.17) is 10.2 Å². The van der Waals surface area contributed by atoms with Gasteiger partial charge in [0.15, 0.2) is 0 Å². The highest BCUT2D eigenvalue weighted by Crippen LogP contribution is 2.36. The fourth-order valence-electron chi connectivity index (χ4n) is 4.62. The van der Waals surface area contributed by atoms with Crippen LogP contribution in [0.15, 0.2) is 45.6 Å². The van der Waals surface area contributed by atoms with E-state index in [2.05, 4.69) is 23.7 Å². The molecule has 1 aliphatic heterocycles. The molecule has 0 aliphatic carbocycles. The highest BCUT2D eigenvalue weighted by Gasteiger charge is 2.28. The average Bonchev–Trinajstić information content (AvgIpc) is 3.16. The summed E-state index contributed by atoms with van der Waals surface area (Å²) in [4.78, 5) is 20.4. The summed E-state index contributed by atoms with van der Waals surface area (Å²) in [5, 5.41) is 11.6. The van der Waals surface area contributed by atoms with E-state index >= 15 is 0 Å². The number of phenolic OH excluding ortho intramolecular Hbond substituents is 1. The summed E-state index contributed by atoms with van der Waals surface area (Å²) in [6.07, 6.45) is 3.43. The van der Waals surface area contributed by atoms with Gasteiger partial charge in [-0.15, -0.1) is 11.3 Å². The van der Waals surface area contributed by atoms with Gasteiger partial charge in [-0.05, 0) is 51.0 Å². The second-order valence-corrected chi connectivity index (χ2v) is 9.43. The quantitative estimate of drug-likeness (QED) is 0.464. The molecule has 0 saturated carbocycles. The fraction of sp³-hybridized carbons (Fsp3) is 0.333. The first-order valence-electron chi connectivity index (χ1n) is 10.6. The van der Waals surface area contributed by atoms with Crippen LogP contribution in [0.2, 0.25) is 0 Å². The lowest BCUT2D eigenvalue weighted by Crippen LogP contribution is -2.43. The van der Waals surface area contributed by atoms with Crippen molar-refractivity contribution in [3.8, 4) is 16.3 Å². The minimum atomic E-state index is -0.223. The van der Waals surface area contributed by atoms with Crippen molar-refractivity contribution in [2.24, 2.45) is 0 Å². The Morgan fingerprint density at radius 1 is 1.19 bits per heavy atom. The molecule has 7 heteroatoms. The molecule has 1 aliphatic rings. The molecule has 31 heavy (non-hydrogen) atoms. The van der Waals surface area contributed by atoms with Gasteiger partial charge >= 0.3 is 0 Å². The van der Waals surface area contributed by atoms with E-state index in [1.165, 1.54) is 17.8 Å². The number of thiazole rings is 1. The first-order valence-corrected chi connectivity index (χ1v) is 11.4. The number of nitrogen functional groups attached to an aromatic ring is 1. The van der Waals surface area contributed by atoms with Crippen LogP contribution in [0.5, 0.6) is 5.75 Å². The maximum atomic E-state index is 13.4. The van der Waals surface area contributed by atoms with Gasteiger partial charge in [0.1, 0.15) is 21.9 Å². The lowest BCUT2D eigenvalue weighted by atomic mass is 9.96. The summed E-state index contributed by atoms with van der Waals surface area (Å²) in [6.45, 7) is 4.91. The van der Waals surface area contributed by atoms with Crippen molar-refractivity contribution in [3.05, 3.63) is 52.2 Å². The van der Waals surface area contributed by atoms with Crippen LogP contribution in [-0.2, 0) is 6.54 Å². The number of rotatable bonds is 3. The number of para-hydroxylation sites is 1. The number of benzene rings is 2. The van der Waals surface area contributed by atoms with E-state index in [0.717, 1.165) is 23.1 Å². The molecule has 2 aromatic carbocycles. The molecule has 4 aromatic rings. The Balaban J connectivity index is 1.66. The molecule has 1 saturated heterocycles. The molecular weight excluding hydrogens is 410 g/mol. The highest BCUT2D eigenvalue weighted by molar-refractivity contribution is 7.21. The van der Waals surface area contributed by atoms with E-state index in [1.54, 1.807) is 12.1 Å². The number of hydrogen-bond donors (Lipinski definition) is 2. The third kappa shape index (κ3) is 3.38. The zero-order valence-electron chi connectivity index (χ0n) is 17.6. The SMILES string of the molecule is C[C@H]1CCC[C@H](C)N1Cc1c(O)ccc2c(=O)c(-c3nc4ccccc4s3)c(N)oc12. The van der Waals surface area contributed by atoms with Crippen molar-refractivity contribution < 1.29 is 9.52 Å². The molecule has 160 valence electrons. The van der Waals surface area contributed by atoms with E-state index in [9.17, 15) is 9.90 Å². The van der Waals surface area contributed by atoms with Crippen LogP contribution < -0.4 is 11.2 Å². The Hall–Kier alpha value is -2.90. The number of likely N-dealkylation sites (tertiary alicyclic amines) is 1. The zero-order chi connectivity index (χ0) is 21.7. The average molecular weight is 436 g/mol. The smallest absolute Gasteiger partial charge is 0.205 e. The van der Waals surface area contributed by atoms with Gasteiger partial charge in [0, 0.05) is 18.6 Å². The van der Waals surface area contributed by atoms with Crippen LogP contribution in [0.4, 0.5) is 5.88 Å². The first kappa shape index (κ1) is 20.0. The zero-order valence-corrected chi connectivity index (χ0v) is 18.4. The number of nitrogens with zero attached hydrogens (tertiary/aromatic N) is 2. The molecule has 0 unspecified atom stereocenters. The lowest BCUT2D eigenvalue weighted by Gasteiger charge is -2.39. The molecule has 2 aromatic heterocycles. The molecule has 0 radical (unpaired) electrons. The minimum Gasteiger partial charge on any atom is -0.507 e. The van der Waals surface area contributed by atoms with Crippen LogP contribution in [-0.4, -0.2) is 27.1 Å². The van der Waals surface area contributed by atoms with Crippen LogP contribution >= 0.6 is 11.3 Å². The Bertz CT molecular complexity index is 1300. The lowest BCUT2D eigenvalue weighted by molar-refractivity contribution is 0.0945. The van der Waals surface area contributed by atoms with Gasteiger partial charge < -0.3 is 15.3 Å². The molecular formula is C24H25N3O3S. The molecule has 1 fully saturated rings. The summed E-state index contributed by atoms with van der Waals surface area (Å²) >= 11 is 1.41. The summed E-state index contributed by atoms with van der Waals surface area (Å²) < 4.78 is 6.99. The third-order valence-corrected chi connectivity index (χ3v) is 7.44. The van der Waals surface area contributed by atoms with Crippen LogP contribution in [0.1, 0.15) is 38.7 Å². The molecule has 3 N–H and O–H groups in total. The largest absolute Gasteiger partial charge is 0.507 e. The maximum Gasteiger partial charge on any atom is 0.205 e. The summed E-state index contributed by atoms with van der Waals surface area (Å²) in [6, 6.07) is 11.7. The molecule has 5 rings (SSSR count). The summed E-state index contributed by atoms with van der Waals surface area (Å²) in [5.41, 5.74) is 8.10. The number of piperidine rings is 1. The molecule has 3 heterocycles. The number of aromatic hydroxyl groups is 1. The predicted molar refractivity (Wildman–Crippen MR) is 125 cm³/mol. The van der Waals surface area contributed by atoms with Gasteiger partial charge in [-0.25, -0.2) is 4.98 Å². The minimum absolute atomic E-state index is 0.0307. The molecule has 6 nitrogen and oxygen atoms in total. The second-order valence-electron chi connectivity index (χ2n) is 8.40. The number of aromatic nitrogens is 1. The monoisotopic (exact) mass is 435 g/mol. The number of phenols is 1. The van der Waals surface area contributed by atoms with Crippen LogP contribution in [0.25, 0.3) is 31.8 Å². The fourth-order valence-corrected chi connectivity index (χ4v) is 5.64. The molecule has 0 bridgehead atoms. The standard InChI is InChI=1S/C24H25N3O3S/c1-13-6-5-7-14(2)27(13)12-16-18(28)11-10-15-21(29)20(23(25)30-22(15)16)24-26-17-8-3-4-9-19(17)31-24/h3-4,8-11,13-14,28H,5-7,12,25H2,1-2H3/t13-,14-/m0/s1. The van der Waals surface area contributed by atoms with Crippen LogP contribution in [0.3, 0.4) is 0 Å². The van der Waals surface area contributed by atoms with Crippen molar-refractivity contribution in [2.75, 3.05) is 5.73 Å². The van der Waals surface area contributed by atoms with Gasteiger partial charge in [-0.2, -0.15) is 0 Å². The van der Waals surface area contributed by atoms with E-state index < -0.39 is 0 Å². The van der Waals surface area contributed by atoms with Gasteiger partial charge in [0.2, 0.25) is 11.3 Å². The van der Waals surface area contributed by atoms with Crippen molar-refractivity contribution in [1.29, 1.82) is 0 Å². The third-order valence-electron chi connectivity index (χ3n) is 6.39. The van der Waals surface area contributed by atoms with Gasteiger partial charge in [0.05, 0.1) is 21.2 Å². The summed E-state index contributed by atoms with van der Waals surface area (Å²) in [5.74, 6) is 0.149.